The maximum atomic E-state index is 13.0. The number of benzene rings is 1. The third-order valence-electron chi connectivity index (χ3n) is 3.22. The van der Waals surface area contributed by atoms with E-state index in [9.17, 15) is 18.4 Å². The van der Waals surface area contributed by atoms with Crippen LogP contribution < -0.4 is 5.32 Å². The molecule has 4 nitrogen and oxygen atoms in total. The van der Waals surface area contributed by atoms with Gasteiger partial charge >= 0.3 is 5.97 Å². The molecular weight excluding hydrogens is 268 g/mol. The van der Waals surface area contributed by atoms with Gasteiger partial charge in [0.2, 0.25) is 5.91 Å². The van der Waals surface area contributed by atoms with E-state index in [-0.39, 0.29) is 12.1 Å². The Bertz CT molecular complexity index is 551. The Kier molecular flexibility index (Phi) is 4.12. The smallest absolute Gasteiger partial charge is 0.307 e. The number of carbonyl (C=O) groups is 2. The van der Waals surface area contributed by atoms with E-state index in [0.29, 0.717) is 12.5 Å². The fourth-order valence-corrected chi connectivity index (χ4v) is 2.24. The number of aliphatic carboxylic acids is 1. The molecule has 2 rings (SSSR count). The molecule has 0 aliphatic heterocycles. The molecule has 106 valence electrons. The minimum absolute atomic E-state index is 0.0220. The number of hydrogen-bond acceptors (Lipinski definition) is 2. The van der Waals surface area contributed by atoms with Gasteiger partial charge in [-0.25, -0.2) is 8.78 Å². The van der Waals surface area contributed by atoms with E-state index < -0.39 is 35.3 Å². The first kappa shape index (κ1) is 14.2. The molecule has 0 bridgehead atoms. The highest BCUT2D eigenvalue weighted by atomic mass is 19.1. The lowest BCUT2D eigenvalue weighted by Gasteiger charge is -2.24. The van der Waals surface area contributed by atoms with E-state index in [1.54, 1.807) is 12.2 Å². The van der Waals surface area contributed by atoms with Crippen molar-refractivity contribution in [2.45, 2.75) is 12.8 Å². The molecule has 2 atom stereocenters. The number of halogens is 2. The van der Waals surface area contributed by atoms with Crippen LogP contribution in [0, 0.1) is 23.5 Å². The largest absolute Gasteiger partial charge is 0.481 e. The quantitative estimate of drug-likeness (QED) is 0.837. The molecule has 0 spiro atoms. The summed E-state index contributed by atoms with van der Waals surface area (Å²) < 4.78 is 26.1. The van der Waals surface area contributed by atoms with Gasteiger partial charge in [0.05, 0.1) is 11.8 Å². The molecule has 0 aromatic heterocycles. The lowest BCUT2D eigenvalue weighted by Crippen LogP contribution is -2.34. The lowest BCUT2D eigenvalue weighted by atomic mass is 9.82. The van der Waals surface area contributed by atoms with Crippen molar-refractivity contribution in [3.8, 4) is 0 Å². The fraction of sp³-hybridized carbons (Fsp3) is 0.286. The van der Waals surface area contributed by atoms with E-state index >= 15 is 0 Å². The van der Waals surface area contributed by atoms with Crippen molar-refractivity contribution in [3.63, 3.8) is 0 Å². The Morgan fingerprint density at radius 2 is 1.60 bits per heavy atom. The number of hydrogen-bond donors (Lipinski definition) is 2. The normalized spacial score (nSPS) is 21.5. The zero-order valence-corrected chi connectivity index (χ0v) is 10.5. The van der Waals surface area contributed by atoms with E-state index in [4.69, 9.17) is 5.11 Å². The topological polar surface area (TPSA) is 66.4 Å². The second kappa shape index (κ2) is 5.81. The molecule has 0 radical (unpaired) electrons. The summed E-state index contributed by atoms with van der Waals surface area (Å²) in [7, 11) is 0. The van der Waals surface area contributed by atoms with Crippen LogP contribution in [0.2, 0.25) is 0 Å². The maximum Gasteiger partial charge on any atom is 0.307 e. The van der Waals surface area contributed by atoms with Crippen LogP contribution in [-0.4, -0.2) is 17.0 Å². The van der Waals surface area contributed by atoms with Crippen molar-refractivity contribution < 1.29 is 23.5 Å². The van der Waals surface area contributed by atoms with Gasteiger partial charge in [0.1, 0.15) is 11.6 Å². The van der Waals surface area contributed by atoms with Gasteiger partial charge in [0, 0.05) is 11.8 Å². The predicted molar refractivity (Wildman–Crippen MR) is 68.0 cm³/mol. The number of carboxylic acids is 1. The van der Waals surface area contributed by atoms with Crippen molar-refractivity contribution in [2.24, 2.45) is 11.8 Å². The molecule has 6 heteroatoms. The van der Waals surface area contributed by atoms with Gasteiger partial charge in [-0.05, 0) is 25.0 Å². The van der Waals surface area contributed by atoms with Gasteiger partial charge in [0.15, 0.2) is 0 Å². The van der Waals surface area contributed by atoms with Crippen LogP contribution >= 0.6 is 0 Å². The fourth-order valence-electron chi connectivity index (χ4n) is 2.24. The van der Waals surface area contributed by atoms with E-state index in [1.165, 1.54) is 0 Å². The van der Waals surface area contributed by atoms with Crippen molar-refractivity contribution in [1.29, 1.82) is 0 Å². The zero-order chi connectivity index (χ0) is 14.7. The van der Waals surface area contributed by atoms with Gasteiger partial charge in [-0.3, -0.25) is 9.59 Å². The zero-order valence-electron chi connectivity index (χ0n) is 10.5. The standard InChI is InChI=1S/C14H13F2NO3/c15-8-5-9(16)7-10(6-8)17-13(18)11-3-1-2-4-12(11)14(19)20/h1-2,5-7,11-12H,3-4H2,(H,17,18)(H,19,20). The highest BCUT2D eigenvalue weighted by Crippen LogP contribution is 2.27. The molecule has 0 heterocycles. The molecule has 1 amide bonds. The molecule has 1 aromatic carbocycles. The summed E-state index contributed by atoms with van der Waals surface area (Å²) in [5, 5.41) is 11.4. The second-order valence-corrected chi connectivity index (χ2v) is 4.64. The van der Waals surface area contributed by atoms with Crippen molar-refractivity contribution in [2.75, 3.05) is 5.32 Å². The Balaban J connectivity index is 2.14. The Hall–Kier alpha value is -2.24. The Morgan fingerprint density at radius 1 is 1.05 bits per heavy atom. The van der Waals surface area contributed by atoms with Crippen LogP contribution in [0.1, 0.15) is 12.8 Å². The summed E-state index contributed by atoms with van der Waals surface area (Å²) in [6.07, 6.45) is 4.01. The Labute approximate surface area is 114 Å². The highest BCUT2D eigenvalue weighted by molar-refractivity contribution is 5.95. The monoisotopic (exact) mass is 281 g/mol. The molecule has 2 N–H and O–H groups in total. The minimum atomic E-state index is -1.06. The average molecular weight is 281 g/mol. The summed E-state index contributed by atoms with van der Waals surface area (Å²) in [6, 6.07) is 2.66. The van der Waals surface area contributed by atoms with Crippen LogP contribution in [0.15, 0.2) is 30.4 Å². The molecule has 0 saturated heterocycles. The summed E-state index contributed by atoms with van der Waals surface area (Å²) >= 11 is 0. The predicted octanol–water partition coefficient (Wildman–Crippen LogP) is 2.57. The van der Waals surface area contributed by atoms with Crippen LogP contribution in [0.5, 0.6) is 0 Å². The van der Waals surface area contributed by atoms with Gasteiger partial charge in [-0.2, -0.15) is 0 Å². The summed E-state index contributed by atoms with van der Waals surface area (Å²) in [4.78, 5) is 23.1. The molecule has 0 fully saturated rings. The number of nitrogens with one attached hydrogen (secondary N) is 1. The van der Waals surface area contributed by atoms with Gasteiger partial charge < -0.3 is 10.4 Å². The van der Waals surface area contributed by atoms with Crippen molar-refractivity contribution in [3.05, 3.63) is 42.0 Å². The third-order valence-corrected chi connectivity index (χ3v) is 3.22. The van der Waals surface area contributed by atoms with Crippen LogP contribution in [0.25, 0.3) is 0 Å². The SMILES string of the molecule is O=C(O)C1CC=CCC1C(=O)Nc1cc(F)cc(F)c1. The number of carboxylic acid groups (broad SMARTS) is 1. The Morgan fingerprint density at radius 3 is 2.15 bits per heavy atom. The molecule has 2 unspecified atom stereocenters. The second-order valence-electron chi connectivity index (χ2n) is 4.64. The first-order valence-corrected chi connectivity index (χ1v) is 6.12. The highest BCUT2D eigenvalue weighted by Gasteiger charge is 2.33. The average Bonchev–Trinajstić information content (AvgIpc) is 2.37. The lowest BCUT2D eigenvalue weighted by molar-refractivity contribution is -0.146. The molecular formula is C14H13F2NO3. The number of rotatable bonds is 3. The number of amides is 1. The van der Waals surface area contributed by atoms with E-state index in [2.05, 4.69) is 5.32 Å². The third kappa shape index (κ3) is 3.20. The van der Waals surface area contributed by atoms with E-state index in [1.807, 2.05) is 0 Å². The summed E-state index contributed by atoms with van der Waals surface area (Å²) in [5.74, 6) is -4.79. The van der Waals surface area contributed by atoms with Crippen molar-refractivity contribution >= 4 is 17.6 Å². The molecule has 20 heavy (non-hydrogen) atoms. The van der Waals surface area contributed by atoms with Crippen molar-refractivity contribution in [1.82, 2.24) is 0 Å². The summed E-state index contributed by atoms with van der Waals surface area (Å²) in [5.41, 5.74) is -0.0220. The summed E-state index contributed by atoms with van der Waals surface area (Å²) in [6.45, 7) is 0. The first-order chi connectivity index (χ1) is 9.47. The molecule has 0 saturated carbocycles. The van der Waals surface area contributed by atoms with Crippen LogP contribution in [0.4, 0.5) is 14.5 Å². The maximum absolute atomic E-state index is 13.0. The molecule has 1 aromatic rings. The van der Waals surface area contributed by atoms with Crippen LogP contribution in [-0.2, 0) is 9.59 Å². The number of allylic oxidation sites excluding steroid dienone is 2. The first-order valence-electron chi connectivity index (χ1n) is 6.12. The van der Waals surface area contributed by atoms with Gasteiger partial charge in [-0.1, -0.05) is 12.2 Å². The van der Waals surface area contributed by atoms with E-state index in [0.717, 1.165) is 12.1 Å². The van der Waals surface area contributed by atoms with Gasteiger partial charge in [-0.15, -0.1) is 0 Å². The number of anilines is 1. The van der Waals surface area contributed by atoms with Crippen LogP contribution in [0.3, 0.4) is 0 Å². The minimum Gasteiger partial charge on any atom is -0.481 e. The molecule has 1 aliphatic carbocycles. The number of carbonyl (C=O) groups excluding carboxylic acids is 1. The van der Waals surface area contributed by atoms with Gasteiger partial charge in [0.25, 0.3) is 0 Å². The molecule has 1 aliphatic rings.